The molecule has 3 rings (SSSR count). The fraction of sp³-hybridized carbons (Fsp3) is 0.478. The second kappa shape index (κ2) is 9.39. The zero-order valence-corrected chi connectivity index (χ0v) is 17.1. The summed E-state index contributed by atoms with van der Waals surface area (Å²) in [4.78, 5) is 4.27. The maximum atomic E-state index is 13.9. The minimum atomic E-state index is -0.551. The summed E-state index contributed by atoms with van der Waals surface area (Å²) in [7, 11) is 0. The Balaban J connectivity index is 1.44. The van der Waals surface area contributed by atoms with E-state index in [1.165, 1.54) is 17.2 Å². The molecule has 2 aromatic rings. The number of rotatable bonds is 7. The van der Waals surface area contributed by atoms with E-state index in [0.717, 1.165) is 31.9 Å². The number of nitrogens with zero attached hydrogens (tertiary/aromatic N) is 2. The molecule has 152 valence electrons. The highest BCUT2D eigenvalue weighted by molar-refractivity contribution is 5.48. The SMILES string of the molecule is Cc1cc(OC[C@@H](O)CN2CCN(c3ccccc3F)CC2)ccc1C(C)C. The number of ether oxygens (including phenoxy) is 1. The topological polar surface area (TPSA) is 35.9 Å². The van der Waals surface area contributed by atoms with Crippen molar-refractivity contribution < 1.29 is 14.2 Å². The standard InChI is InChI=1S/C23H31FN2O2/c1-17(2)21-9-8-20(14-18(21)3)28-16-19(27)15-25-10-12-26(13-11-25)23-7-5-4-6-22(23)24/h4-9,14,17,19,27H,10-13,15-16H2,1-3H3/t19-/m0/s1. The van der Waals surface area contributed by atoms with E-state index in [1.807, 2.05) is 24.3 Å². The maximum Gasteiger partial charge on any atom is 0.146 e. The second-order valence-corrected chi connectivity index (χ2v) is 7.88. The largest absolute Gasteiger partial charge is 0.491 e. The van der Waals surface area contributed by atoms with Gasteiger partial charge in [-0.3, -0.25) is 4.90 Å². The maximum absolute atomic E-state index is 13.9. The van der Waals surface area contributed by atoms with Crippen LogP contribution in [0, 0.1) is 12.7 Å². The third-order valence-electron chi connectivity index (χ3n) is 5.34. The molecule has 1 fully saturated rings. The van der Waals surface area contributed by atoms with Gasteiger partial charge in [-0.15, -0.1) is 0 Å². The van der Waals surface area contributed by atoms with Crippen LogP contribution < -0.4 is 9.64 Å². The number of benzene rings is 2. The predicted molar refractivity (Wildman–Crippen MR) is 112 cm³/mol. The molecule has 0 aromatic heterocycles. The lowest BCUT2D eigenvalue weighted by Gasteiger charge is -2.36. The summed E-state index contributed by atoms with van der Waals surface area (Å²) in [5.74, 6) is 1.11. The Morgan fingerprint density at radius 2 is 1.79 bits per heavy atom. The van der Waals surface area contributed by atoms with Gasteiger partial charge < -0.3 is 14.7 Å². The zero-order chi connectivity index (χ0) is 20.1. The molecule has 0 bridgehead atoms. The number of hydrogen-bond donors (Lipinski definition) is 1. The van der Waals surface area contributed by atoms with Gasteiger partial charge in [0.05, 0.1) is 5.69 Å². The van der Waals surface area contributed by atoms with Gasteiger partial charge in [0.1, 0.15) is 24.3 Å². The predicted octanol–water partition coefficient (Wildman–Crippen LogP) is 3.82. The Morgan fingerprint density at radius 3 is 2.43 bits per heavy atom. The minimum absolute atomic E-state index is 0.178. The first-order valence-electron chi connectivity index (χ1n) is 10.1. The van der Waals surface area contributed by atoms with E-state index >= 15 is 0 Å². The number of aryl methyl sites for hydroxylation is 1. The first kappa shape index (κ1) is 20.6. The number of aliphatic hydroxyl groups excluding tert-OH is 1. The Morgan fingerprint density at radius 1 is 1.07 bits per heavy atom. The Hall–Kier alpha value is -2.11. The molecule has 5 heteroatoms. The molecule has 1 atom stereocenters. The summed E-state index contributed by atoms with van der Waals surface area (Å²) in [6.07, 6.45) is -0.551. The highest BCUT2D eigenvalue weighted by Crippen LogP contribution is 2.24. The third-order valence-corrected chi connectivity index (χ3v) is 5.34. The Kier molecular flexibility index (Phi) is 6.92. The Labute approximate surface area is 167 Å². The van der Waals surface area contributed by atoms with Crippen LogP contribution in [0.25, 0.3) is 0 Å². The van der Waals surface area contributed by atoms with Crippen LogP contribution >= 0.6 is 0 Å². The van der Waals surface area contributed by atoms with Crippen molar-refractivity contribution >= 4 is 5.69 Å². The molecule has 4 nitrogen and oxygen atoms in total. The summed E-state index contributed by atoms with van der Waals surface area (Å²) < 4.78 is 19.7. The fourth-order valence-electron chi connectivity index (χ4n) is 3.81. The molecule has 0 saturated carbocycles. The lowest BCUT2D eigenvalue weighted by Crippen LogP contribution is -2.49. The van der Waals surface area contributed by atoms with E-state index in [2.05, 4.69) is 36.6 Å². The van der Waals surface area contributed by atoms with E-state index in [4.69, 9.17) is 4.74 Å². The fourth-order valence-corrected chi connectivity index (χ4v) is 3.81. The van der Waals surface area contributed by atoms with Gasteiger partial charge in [0.25, 0.3) is 0 Å². The number of β-amino-alcohol motifs (C(OH)–C–C–N with tert-alkyl or cyclic N) is 1. The van der Waals surface area contributed by atoms with Crippen LogP contribution in [-0.2, 0) is 0 Å². The van der Waals surface area contributed by atoms with Crippen LogP contribution in [-0.4, -0.2) is 55.4 Å². The van der Waals surface area contributed by atoms with Crippen molar-refractivity contribution in [3.63, 3.8) is 0 Å². The molecule has 0 radical (unpaired) electrons. The lowest BCUT2D eigenvalue weighted by atomic mass is 9.98. The normalized spacial score (nSPS) is 16.4. The number of aliphatic hydroxyl groups is 1. The van der Waals surface area contributed by atoms with Crippen LogP contribution in [0.5, 0.6) is 5.75 Å². The van der Waals surface area contributed by atoms with Crippen molar-refractivity contribution in [3.8, 4) is 5.75 Å². The van der Waals surface area contributed by atoms with Crippen molar-refractivity contribution in [1.29, 1.82) is 0 Å². The number of hydrogen-bond acceptors (Lipinski definition) is 4. The van der Waals surface area contributed by atoms with Gasteiger partial charge in [0, 0.05) is 32.7 Å². The minimum Gasteiger partial charge on any atom is -0.491 e. The van der Waals surface area contributed by atoms with Gasteiger partial charge in [0.2, 0.25) is 0 Å². The van der Waals surface area contributed by atoms with Crippen LogP contribution in [0.4, 0.5) is 10.1 Å². The first-order chi connectivity index (χ1) is 13.4. The summed E-state index contributed by atoms with van der Waals surface area (Å²) in [5.41, 5.74) is 3.19. The van der Waals surface area contributed by atoms with Crippen LogP contribution in [0.15, 0.2) is 42.5 Å². The molecule has 0 spiro atoms. The third kappa shape index (κ3) is 5.24. The number of piperazine rings is 1. The number of anilines is 1. The van der Waals surface area contributed by atoms with E-state index in [9.17, 15) is 9.50 Å². The zero-order valence-electron chi connectivity index (χ0n) is 17.1. The van der Waals surface area contributed by atoms with Gasteiger partial charge >= 0.3 is 0 Å². The van der Waals surface area contributed by atoms with Gasteiger partial charge in [-0.1, -0.05) is 32.0 Å². The van der Waals surface area contributed by atoms with Crippen LogP contribution in [0.3, 0.4) is 0 Å². The molecular weight excluding hydrogens is 355 g/mol. The molecule has 28 heavy (non-hydrogen) atoms. The first-order valence-corrected chi connectivity index (χ1v) is 10.1. The smallest absolute Gasteiger partial charge is 0.146 e. The molecule has 0 amide bonds. The summed E-state index contributed by atoms with van der Waals surface area (Å²) in [5, 5.41) is 10.4. The van der Waals surface area contributed by atoms with Gasteiger partial charge in [-0.05, 0) is 48.2 Å². The molecular formula is C23H31FN2O2. The molecule has 1 aliphatic rings. The number of para-hydroxylation sites is 1. The second-order valence-electron chi connectivity index (χ2n) is 7.88. The van der Waals surface area contributed by atoms with Crippen molar-refractivity contribution in [1.82, 2.24) is 4.90 Å². The Bertz CT molecular complexity index is 773. The van der Waals surface area contributed by atoms with Gasteiger partial charge in [-0.25, -0.2) is 4.39 Å². The van der Waals surface area contributed by atoms with E-state index < -0.39 is 6.10 Å². The van der Waals surface area contributed by atoms with E-state index in [-0.39, 0.29) is 12.4 Å². The van der Waals surface area contributed by atoms with E-state index in [1.54, 1.807) is 6.07 Å². The summed E-state index contributed by atoms with van der Waals surface area (Å²) >= 11 is 0. The van der Waals surface area contributed by atoms with Crippen molar-refractivity contribution in [2.45, 2.75) is 32.8 Å². The monoisotopic (exact) mass is 386 g/mol. The van der Waals surface area contributed by atoms with Crippen molar-refractivity contribution in [2.75, 3.05) is 44.2 Å². The molecule has 1 aliphatic heterocycles. The highest BCUT2D eigenvalue weighted by Gasteiger charge is 2.21. The summed E-state index contributed by atoms with van der Waals surface area (Å²) in [6.45, 7) is 10.4. The van der Waals surface area contributed by atoms with Gasteiger partial charge in [-0.2, -0.15) is 0 Å². The summed E-state index contributed by atoms with van der Waals surface area (Å²) in [6, 6.07) is 13.0. The molecule has 1 heterocycles. The molecule has 2 aromatic carbocycles. The van der Waals surface area contributed by atoms with E-state index in [0.29, 0.717) is 18.2 Å². The van der Waals surface area contributed by atoms with Crippen molar-refractivity contribution in [3.05, 3.63) is 59.4 Å². The molecule has 0 unspecified atom stereocenters. The highest BCUT2D eigenvalue weighted by atomic mass is 19.1. The molecule has 1 saturated heterocycles. The lowest BCUT2D eigenvalue weighted by molar-refractivity contribution is 0.0662. The average molecular weight is 387 g/mol. The van der Waals surface area contributed by atoms with Crippen LogP contribution in [0.2, 0.25) is 0 Å². The average Bonchev–Trinajstić information content (AvgIpc) is 2.67. The quantitative estimate of drug-likeness (QED) is 0.785. The van der Waals surface area contributed by atoms with Crippen molar-refractivity contribution in [2.24, 2.45) is 0 Å². The van der Waals surface area contributed by atoms with Gasteiger partial charge in [0.15, 0.2) is 0 Å². The molecule has 1 N–H and O–H groups in total. The van der Waals surface area contributed by atoms with Crippen LogP contribution in [0.1, 0.15) is 30.9 Å². The molecule has 0 aliphatic carbocycles. The number of halogens is 1.